The van der Waals surface area contributed by atoms with Crippen LogP contribution in [-0.4, -0.2) is 117 Å². The van der Waals surface area contributed by atoms with Gasteiger partial charge in [0.25, 0.3) is 5.91 Å². The number of para-hydroxylation sites is 1. The van der Waals surface area contributed by atoms with Gasteiger partial charge in [-0.1, -0.05) is 39.8 Å². The molecule has 0 saturated heterocycles. The molecule has 338 valence electrons. The third-order valence-electron chi connectivity index (χ3n) is 13.5. The first-order chi connectivity index (χ1) is 27.6. The summed E-state index contributed by atoms with van der Waals surface area (Å²) in [5.74, 6) is 2.01. The second kappa shape index (κ2) is 24.2. The van der Waals surface area contributed by atoms with Gasteiger partial charge in [-0.3, -0.25) is 14.4 Å². The normalized spacial score (nSPS) is 24.4. The van der Waals surface area contributed by atoms with Crippen LogP contribution in [0.1, 0.15) is 109 Å². The molecule has 3 amide bonds. The summed E-state index contributed by atoms with van der Waals surface area (Å²) >= 11 is 0. The molecule has 0 spiro atoms. The van der Waals surface area contributed by atoms with Crippen molar-refractivity contribution in [3.05, 3.63) is 29.8 Å². The molecule has 4 aliphatic rings. The fourth-order valence-electron chi connectivity index (χ4n) is 9.99. The number of hydrogen-bond acceptors (Lipinski definition) is 10. The van der Waals surface area contributed by atoms with Gasteiger partial charge in [-0.2, -0.15) is 0 Å². The fraction of sp³-hybridized carbons (Fsp3) is 0.800. The smallest absolute Gasteiger partial charge is 0.255 e. The maximum Gasteiger partial charge on any atom is 0.255 e. The molecule has 14 heteroatoms. The molecule has 5 rings (SSSR count). The van der Waals surface area contributed by atoms with Crippen LogP contribution in [0.25, 0.3) is 0 Å². The summed E-state index contributed by atoms with van der Waals surface area (Å²) in [6.45, 7) is 12.0. The summed E-state index contributed by atoms with van der Waals surface area (Å²) in [5.41, 5.74) is 13.4. The van der Waals surface area contributed by atoms with E-state index in [1.54, 1.807) is 26.2 Å². The Hall–Kier alpha value is -2.52. The molecule has 1 aromatic carbocycles. The number of halogens is 1. The lowest BCUT2D eigenvalue weighted by molar-refractivity contribution is -0.160. The van der Waals surface area contributed by atoms with E-state index in [9.17, 15) is 24.6 Å². The Kier molecular flexibility index (Phi) is 20.9. The van der Waals surface area contributed by atoms with Gasteiger partial charge in [-0.25, -0.2) is 0 Å². The minimum absolute atomic E-state index is 0. The third kappa shape index (κ3) is 14.5. The number of hydrogen-bond donors (Lipinski definition) is 6. The molecule has 8 N–H and O–H groups in total. The maximum absolute atomic E-state index is 15.0. The summed E-state index contributed by atoms with van der Waals surface area (Å²) in [5, 5.41) is 28.6. The standard InChI is InChI=1S/C45H77N5O8.ClH/c1-28(2)34(24-48-43(54)36-12-8-9-13-41(36)58-15-11-10-14-56-6)19-38(47)40(52)27-50(44(55)45-21-31-16-32(22-45)18-33(17-31)23-45)26-35(29(3)4)20-37(46)39(51)25-49-42(53)30(5)57-7;/h8-9,12-13,28-35,37-40,51-52H,10-11,14-27,46-47H2,1-7H3,(H,48,54)(H,49,53);1H. The molecule has 4 saturated carbocycles. The van der Waals surface area contributed by atoms with Crippen molar-refractivity contribution < 1.29 is 38.8 Å². The van der Waals surface area contributed by atoms with Gasteiger partial charge >= 0.3 is 0 Å². The minimum Gasteiger partial charge on any atom is -0.493 e. The van der Waals surface area contributed by atoms with Gasteiger partial charge in [0.05, 0.1) is 29.8 Å². The van der Waals surface area contributed by atoms with Crippen molar-refractivity contribution >= 4 is 30.1 Å². The van der Waals surface area contributed by atoms with Crippen molar-refractivity contribution in [2.75, 3.05) is 53.6 Å². The quantitative estimate of drug-likeness (QED) is 0.0720. The van der Waals surface area contributed by atoms with Crippen molar-refractivity contribution in [1.82, 2.24) is 15.5 Å². The minimum atomic E-state index is -0.993. The molecule has 0 heterocycles. The first-order valence-electron chi connectivity index (χ1n) is 22.0. The van der Waals surface area contributed by atoms with E-state index in [0.29, 0.717) is 68.2 Å². The molecular weight excluding hydrogens is 774 g/mol. The molecule has 4 aliphatic carbocycles. The number of methoxy groups -OCH3 is 2. The summed E-state index contributed by atoms with van der Waals surface area (Å²) < 4.78 is 16.2. The molecule has 4 bridgehead atoms. The average Bonchev–Trinajstić information content (AvgIpc) is 3.19. The number of nitrogens with zero attached hydrogens (tertiary/aromatic N) is 1. The first-order valence-corrected chi connectivity index (χ1v) is 22.0. The van der Waals surface area contributed by atoms with E-state index < -0.39 is 35.8 Å². The van der Waals surface area contributed by atoms with Crippen LogP contribution in [-0.2, 0) is 19.1 Å². The number of nitrogens with one attached hydrogen (secondary N) is 2. The Balaban J connectivity index is 0.00000930. The number of carbonyl (C=O) groups is 3. The number of benzene rings is 1. The van der Waals surface area contributed by atoms with Crippen LogP contribution in [0.15, 0.2) is 24.3 Å². The highest BCUT2D eigenvalue weighted by Gasteiger charge is 2.56. The van der Waals surface area contributed by atoms with Crippen molar-refractivity contribution in [3.8, 4) is 5.75 Å². The second-order valence-electron chi connectivity index (χ2n) is 18.7. The first kappa shape index (κ1) is 50.8. The largest absolute Gasteiger partial charge is 0.493 e. The molecule has 7 unspecified atom stereocenters. The van der Waals surface area contributed by atoms with Crippen LogP contribution in [0, 0.1) is 46.8 Å². The number of nitrogens with two attached hydrogens (primary N) is 2. The van der Waals surface area contributed by atoms with E-state index in [-0.39, 0.29) is 66.9 Å². The van der Waals surface area contributed by atoms with Crippen molar-refractivity contribution in [2.45, 2.75) is 129 Å². The number of rotatable bonds is 26. The summed E-state index contributed by atoms with van der Waals surface area (Å²) in [7, 11) is 3.12. The van der Waals surface area contributed by atoms with Crippen molar-refractivity contribution in [1.29, 1.82) is 0 Å². The zero-order valence-corrected chi connectivity index (χ0v) is 37.7. The monoisotopic (exact) mass is 852 g/mol. The van der Waals surface area contributed by atoms with Crippen LogP contribution in [0.5, 0.6) is 5.75 Å². The molecule has 13 nitrogen and oxygen atoms in total. The SMILES string of the molecule is COCCCCOc1ccccc1C(=O)NCC(CC(N)C(O)CN(CC(CC(N)C(O)CNC(=O)C(C)OC)C(C)C)C(=O)C12CC3CC(CC(C3)C1)C2)C(C)C.Cl. The van der Waals surface area contributed by atoms with E-state index >= 15 is 0 Å². The van der Waals surface area contributed by atoms with Crippen LogP contribution >= 0.6 is 12.4 Å². The molecule has 59 heavy (non-hydrogen) atoms. The van der Waals surface area contributed by atoms with E-state index in [4.69, 9.17) is 25.7 Å². The number of carbonyl (C=O) groups excluding carboxylic acids is 3. The predicted octanol–water partition coefficient (Wildman–Crippen LogP) is 4.54. The van der Waals surface area contributed by atoms with Crippen molar-refractivity contribution in [3.63, 3.8) is 0 Å². The molecule has 7 atom stereocenters. The summed E-state index contributed by atoms with van der Waals surface area (Å²) in [6, 6.07) is 5.95. The van der Waals surface area contributed by atoms with Crippen LogP contribution in [0.2, 0.25) is 0 Å². The van der Waals surface area contributed by atoms with Gasteiger partial charge in [-0.05, 0) is 125 Å². The number of ether oxygens (including phenoxy) is 3. The van der Waals surface area contributed by atoms with Gasteiger partial charge in [0.15, 0.2) is 0 Å². The molecule has 0 radical (unpaired) electrons. The van der Waals surface area contributed by atoms with Crippen LogP contribution in [0.3, 0.4) is 0 Å². The highest BCUT2D eigenvalue weighted by atomic mass is 35.5. The maximum atomic E-state index is 15.0. The Bertz CT molecular complexity index is 1420. The molecule has 1 aromatic rings. The molecule has 0 aliphatic heterocycles. The van der Waals surface area contributed by atoms with Gasteiger partial charge < -0.3 is 51.4 Å². The Morgan fingerprint density at radius 3 is 1.93 bits per heavy atom. The zero-order valence-electron chi connectivity index (χ0n) is 36.9. The van der Waals surface area contributed by atoms with Gasteiger partial charge in [0, 0.05) is 59.1 Å². The number of amides is 3. The topological polar surface area (TPSA) is 199 Å². The van der Waals surface area contributed by atoms with Crippen molar-refractivity contribution in [2.24, 2.45) is 58.3 Å². The second-order valence-corrected chi connectivity index (χ2v) is 18.7. The van der Waals surface area contributed by atoms with Crippen LogP contribution in [0.4, 0.5) is 0 Å². The predicted molar refractivity (Wildman–Crippen MR) is 233 cm³/mol. The Labute approximate surface area is 360 Å². The van der Waals surface area contributed by atoms with Crippen LogP contribution < -0.4 is 26.8 Å². The highest BCUT2D eigenvalue weighted by molar-refractivity contribution is 5.96. The Morgan fingerprint density at radius 2 is 1.36 bits per heavy atom. The molecule has 4 fully saturated rings. The number of aliphatic hydroxyl groups is 2. The van der Waals surface area contributed by atoms with E-state index in [1.807, 2.05) is 17.0 Å². The Morgan fingerprint density at radius 1 is 0.797 bits per heavy atom. The molecular formula is C45H78ClN5O8. The van der Waals surface area contributed by atoms with Gasteiger partial charge in [0.2, 0.25) is 11.8 Å². The summed E-state index contributed by atoms with van der Waals surface area (Å²) in [4.78, 5) is 42.5. The summed E-state index contributed by atoms with van der Waals surface area (Å²) in [6.07, 6.45) is 6.27. The average molecular weight is 853 g/mol. The lowest BCUT2D eigenvalue weighted by atomic mass is 9.49. The molecule has 0 aromatic heterocycles. The fourth-order valence-corrected chi connectivity index (χ4v) is 9.99. The van der Waals surface area contributed by atoms with E-state index in [0.717, 1.165) is 32.1 Å². The lowest BCUT2D eigenvalue weighted by Gasteiger charge is -2.57. The van der Waals surface area contributed by atoms with Gasteiger partial charge in [-0.15, -0.1) is 12.4 Å². The van der Waals surface area contributed by atoms with E-state index in [2.05, 4.69) is 38.3 Å². The zero-order chi connectivity index (χ0) is 42.6. The lowest BCUT2D eigenvalue weighted by Crippen LogP contribution is -2.58. The number of unbranched alkanes of at least 4 members (excludes halogenated alkanes) is 1. The highest BCUT2D eigenvalue weighted by Crippen LogP contribution is 2.60. The van der Waals surface area contributed by atoms with E-state index in [1.165, 1.54) is 26.4 Å². The number of aliphatic hydroxyl groups excluding tert-OH is 2. The third-order valence-corrected chi connectivity index (χ3v) is 13.5. The van der Waals surface area contributed by atoms with Gasteiger partial charge in [0.1, 0.15) is 11.9 Å².